The van der Waals surface area contributed by atoms with Gasteiger partial charge in [0.1, 0.15) is 0 Å². The first-order valence-corrected chi connectivity index (χ1v) is 11.0. The molecule has 0 aromatic heterocycles. The lowest BCUT2D eigenvalue weighted by Crippen LogP contribution is -2.27. The predicted molar refractivity (Wildman–Crippen MR) is 112 cm³/mol. The van der Waals surface area contributed by atoms with Gasteiger partial charge in [-0.25, -0.2) is 8.42 Å². The van der Waals surface area contributed by atoms with E-state index in [9.17, 15) is 13.2 Å². The Labute approximate surface area is 167 Å². The molecule has 0 aliphatic carbocycles. The number of carbonyl (C=O) groups excluding carboxylic acids is 1. The number of nitrogens with one attached hydrogen (secondary N) is 2. The molecule has 28 heavy (non-hydrogen) atoms. The number of carbonyl (C=O) groups is 1. The molecular weight excluding hydrogens is 374 g/mol. The van der Waals surface area contributed by atoms with E-state index >= 15 is 0 Å². The van der Waals surface area contributed by atoms with E-state index in [2.05, 4.69) is 24.5 Å². The lowest BCUT2D eigenvalue weighted by atomic mass is 10.0. The summed E-state index contributed by atoms with van der Waals surface area (Å²) in [6.45, 7) is 5.52. The molecule has 0 radical (unpaired) electrons. The zero-order valence-corrected chi connectivity index (χ0v) is 17.1. The highest BCUT2D eigenvalue weighted by Crippen LogP contribution is 2.22. The minimum atomic E-state index is -3.41. The molecule has 1 amide bonds. The van der Waals surface area contributed by atoms with Crippen molar-refractivity contribution >= 4 is 27.3 Å². The summed E-state index contributed by atoms with van der Waals surface area (Å²) in [4.78, 5) is 12.4. The predicted octanol–water partition coefficient (Wildman–Crippen LogP) is 3.65. The Morgan fingerprint density at radius 3 is 2.11 bits per heavy atom. The quantitative estimate of drug-likeness (QED) is 0.742. The summed E-state index contributed by atoms with van der Waals surface area (Å²) in [5, 5.41) is 5.87. The summed E-state index contributed by atoms with van der Waals surface area (Å²) >= 11 is 0. The van der Waals surface area contributed by atoms with Gasteiger partial charge in [-0.3, -0.25) is 4.79 Å². The third-order valence-electron chi connectivity index (χ3n) is 4.87. The molecule has 1 aliphatic rings. The van der Waals surface area contributed by atoms with Crippen molar-refractivity contribution in [3.05, 3.63) is 54.1 Å². The average Bonchev–Trinajstić information content (AvgIpc) is 3.23. The number of hydrogen-bond acceptors (Lipinski definition) is 4. The van der Waals surface area contributed by atoms with E-state index in [0.717, 1.165) is 18.5 Å². The molecule has 2 aromatic rings. The Balaban J connectivity index is 1.53. The van der Waals surface area contributed by atoms with Crippen LogP contribution in [0.5, 0.6) is 0 Å². The second-order valence-electron chi connectivity index (χ2n) is 7.31. The van der Waals surface area contributed by atoms with Gasteiger partial charge in [0.25, 0.3) is 0 Å². The molecule has 6 nitrogen and oxygen atoms in total. The van der Waals surface area contributed by atoms with E-state index in [-0.39, 0.29) is 17.3 Å². The highest BCUT2D eigenvalue weighted by molar-refractivity contribution is 7.89. The van der Waals surface area contributed by atoms with Crippen LogP contribution >= 0.6 is 0 Å². The van der Waals surface area contributed by atoms with Crippen LogP contribution in [0.15, 0.2) is 53.4 Å². The molecule has 150 valence electrons. The number of nitrogens with zero attached hydrogens (tertiary/aromatic N) is 1. The van der Waals surface area contributed by atoms with Crippen LogP contribution in [0, 0.1) is 0 Å². The molecule has 1 heterocycles. The number of benzene rings is 2. The summed E-state index contributed by atoms with van der Waals surface area (Å²) in [6.07, 6.45) is 1.82. The molecule has 1 fully saturated rings. The van der Waals surface area contributed by atoms with Crippen LogP contribution in [-0.4, -0.2) is 38.3 Å². The summed E-state index contributed by atoms with van der Waals surface area (Å²) in [7, 11) is -3.41. The molecule has 2 aromatic carbocycles. The van der Waals surface area contributed by atoms with Gasteiger partial charge in [-0.15, -0.1) is 0 Å². The van der Waals surface area contributed by atoms with Crippen molar-refractivity contribution < 1.29 is 13.2 Å². The van der Waals surface area contributed by atoms with Gasteiger partial charge in [0.05, 0.1) is 11.4 Å². The molecule has 0 unspecified atom stereocenters. The summed E-state index contributed by atoms with van der Waals surface area (Å²) in [5.41, 5.74) is 2.68. The van der Waals surface area contributed by atoms with Crippen LogP contribution < -0.4 is 10.6 Å². The van der Waals surface area contributed by atoms with E-state index < -0.39 is 10.0 Å². The molecule has 3 rings (SSSR count). The third kappa shape index (κ3) is 4.91. The molecule has 0 atom stereocenters. The van der Waals surface area contributed by atoms with Crippen LogP contribution in [0.2, 0.25) is 0 Å². The van der Waals surface area contributed by atoms with E-state index in [1.54, 1.807) is 24.3 Å². The number of amides is 1. The maximum absolute atomic E-state index is 12.5. The Bertz CT molecular complexity index is 901. The van der Waals surface area contributed by atoms with Gasteiger partial charge in [-0.2, -0.15) is 4.31 Å². The zero-order valence-electron chi connectivity index (χ0n) is 16.3. The number of anilines is 2. The maximum Gasteiger partial charge on any atom is 0.243 e. The van der Waals surface area contributed by atoms with Gasteiger partial charge in [0, 0.05) is 24.5 Å². The molecule has 1 saturated heterocycles. The summed E-state index contributed by atoms with van der Waals surface area (Å²) < 4.78 is 26.6. The smallest absolute Gasteiger partial charge is 0.243 e. The van der Waals surface area contributed by atoms with Crippen molar-refractivity contribution in [1.82, 2.24) is 4.31 Å². The largest absolute Gasteiger partial charge is 0.376 e. The first-order chi connectivity index (χ1) is 13.4. The van der Waals surface area contributed by atoms with Gasteiger partial charge >= 0.3 is 0 Å². The van der Waals surface area contributed by atoms with Crippen LogP contribution in [0.25, 0.3) is 0 Å². The summed E-state index contributed by atoms with van der Waals surface area (Å²) in [6, 6.07) is 14.3. The Morgan fingerprint density at radius 1 is 0.964 bits per heavy atom. The fourth-order valence-electron chi connectivity index (χ4n) is 3.16. The van der Waals surface area contributed by atoms with Crippen LogP contribution in [-0.2, 0) is 14.8 Å². The van der Waals surface area contributed by atoms with Crippen molar-refractivity contribution in [1.29, 1.82) is 0 Å². The standard InChI is InChI=1S/C21H27N3O3S/c1-16(2)17-5-7-19(8-6-17)23-21(25)15-22-18-9-11-20(12-10-18)28(26,27)24-13-3-4-14-24/h5-12,16,22H,3-4,13-15H2,1-2H3,(H,23,25). The van der Waals surface area contributed by atoms with Gasteiger partial charge in [0.2, 0.25) is 15.9 Å². The van der Waals surface area contributed by atoms with Crippen LogP contribution in [0.3, 0.4) is 0 Å². The number of hydrogen-bond donors (Lipinski definition) is 2. The molecule has 0 saturated carbocycles. The first kappa shape index (κ1) is 20.4. The monoisotopic (exact) mass is 401 g/mol. The highest BCUT2D eigenvalue weighted by Gasteiger charge is 2.26. The topological polar surface area (TPSA) is 78.5 Å². The minimum Gasteiger partial charge on any atom is -0.376 e. The Hall–Kier alpha value is -2.38. The van der Waals surface area contributed by atoms with Crippen molar-refractivity contribution in [2.75, 3.05) is 30.3 Å². The van der Waals surface area contributed by atoms with Crippen molar-refractivity contribution in [2.24, 2.45) is 0 Å². The SMILES string of the molecule is CC(C)c1ccc(NC(=O)CNc2ccc(S(=O)(=O)N3CCCC3)cc2)cc1. The lowest BCUT2D eigenvalue weighted by Gasteiger charge is -2.15. The fraction of sp³-hybridized carbons (Fsp3) is 0.381. The molecule has 7 heteroatoms. The van der Waals surface area contributed by atoms with Gasteiger partial charge in [-0.05, 0) is 60.7 Å². The van der Waals surface area contributed by atoms with E-state index in [1.165, 1.54) is 9.87 Å². The lowest BCUT2D eigenvalue weighted by molar-refractivity contribution is -0.114. The summed E-state index contributed by atoms with van der Waals surface area (Å²) in [5.74, 6) is 0.287. The second kappa shape index (κ2) is 8.75. The van der Waals surface area contributed by atoms with E-state index in [0.29, 0.717) is 24.7 Å². The van der Waals surface area contributed by atoms with Gasteiger partial charge in [-0.1, -0.05) is 26.0 Å². The fourth-order valence-corrected chi connectivity index (χ4v) is 4.68. The third-order valence-corrected chi connectivity index (χ3v) is 6.78. The maximum atomic E-state index is 12.5. The van der Waals surface area contributed by atoms with Crippen molar-refractivity contribution in [3.63, 3.8) is 0 Å². The van der Waals surface area contributed by atoms with Gasteiger partial charge in [0.15, 0.2) is 0 Å². The van der Waals surface area contributed by atoms with Crippen molar-refractivity contribution in [3.8, 4) is 0 Å². The van der Waals surface area contributed by atoms with Crippen LogP contribution in [0.4, 0.5) is 11.4 Å². The Morgan fingerprint density at radius 2 is 1.54 bits per heavy atom. The molecule has 2 N–H and O–H groups in total. The molecular formula is C21H27N3O3S. The van der Waals surface area contributed by atoms with Crippen molar-refractivity contribution in [2.45, 2.75) is 37.5 Å². The molecule has 0 spiro atoms. The average molecular weight is 402 g/mol. The minimum absolute atomic E-state index is 0.101. The van der Waals surface area contributed by atoms with Crippen LogP contribution in [0.1, 0.15) is 38.2 Å². The highest BCUT2D eigenvalue weighted by atomic mass is 32.2. The Kier molecular flexibility index (Phi) is 6.36. The first-order valence-electron chi connectivity index (χ1n) is 9.60. The number of sulfonamides is 1. The second-order valence-corrected chi connectivity index (χ2v) is 9.25. The molecule has 0 bridgehead atoms. The molecule has 1 aliphatic heterocycles. The van der Waals surface area contributed by atoms with Gasteiger partial charge < -0.3 is 10.6 Å². The van der Waals surface area contributed by atoms with E-state index in [4.69, 9.17) is 0 Å². The number of rotatable bonds is 7. The van der Waals surface area contributed by atoms with E-state index in [1.807, 2.05) is 24.3 Å². The normalized spacial score (nSPS) is 15.0. The zero-order chi connectivity index (χ0) is 20.1.